The first-order chi connectivity index (χ1) is 13.4. The number of sulfonamides is 1. The summed E-state index contributed by atoms with van der Waals surface area (Å²) in [6.45, 7) is 3.17. The molecule has 2 aromatic carbocycles. The number of aryl methyl sites for hydroxylation is 1. The molecule has 0 unspecified atom stereocenters. The van der Waals surface area contributed by atoms with Gasteiger partial charge in [0, 0.05) is 30.7 Å². The second-order valence-electron chi connectivity index (χ2n) is 7.36. The largest absolute Gasteiger partial charge is 0.351 e. The van der Waals surface area contributed by atoms with E-state index in [0.717, 1.165) is 29.3 Å². The first-order valence-corrected chi connectivity index (χ1v) is 11.3. The molecule has 0 saturated carbocycles. The molecule has 6 nitrogen and oxygen atoms in total. The summed E-state index contributed by atoms with van der Waals surface area (Å²) in [4.78, 5) is 9.11. The predicted molar refractivity (Wildman–Crippen MR) is 113 cm³/mol. The van der Waals surface area contributed by atoms with Gasteiger partial charge < -0.3 is 5.32 Å². The third-order valence-electron chi connectivity index (χ3n) is 5.29. The maximum Gasteiger partial charge on any atom is 0.223 e. The SMILES string of the molecule is Cc1ccccc1-c1ccc2nc(NC3CCN(S(C)(=O)=O)CC3)ncc2c1. The molecule has 1 aromatic heterocycles. The highest BCUT2D eigenvalue weighted by molar-refractivity contribution is 7.88. The Morgan fingerprint density at radius 3 is 2.57 bits per heavy atom. The number of hydrogen-bond acceptors (Lipinski definition) is 5. The number of hydrogen-bond donors (Lipinski definition) is 1. The van der Waals surface area contributed by atoms with Crippen LogP contribution in [0.25, 0.3) is 22.0 Å². The number of rotatable bonds is 4. The fourth-order valence-electron chi connectivity index (χ4n) is 3.68. The summed E-state index contributed by atoms with van der Waals surface area (Å²) >= 11 is 0. The number of nitrogens with zero attached hydrogens (tertiary/aromatic N) is 3. The van der Waals surface area contributed by atoms with Crippen LogP contribution in [0.2, 0.25) is 0 Å². The summed E-state index contributed by atoms with van der Waals surface area (Å²) in [5.74, 6) is 0.592. The first-order valence-electron chi connectivity index (χ1n) is 9.44. The van der Waals surface area contributed by atoms with Crippen LogP contribution in [0.5, 0.6) is 0 Å². The Morgan fingerprint density at radius 2 is 1.86 bits per heavy atom. The molecule has 1 saturated heterocycles. The van der Waals surface area contributed by atoms with Gasteiger partial charge in [0.2, 0.25) is 16.0 Å². The summed E-state index contributed by atoms with van der Waals surface area (Å²) in [5.41, 5.74) is 4.50. The molecule has 0 amide bonds. The van der Waals surface area contributed by atoms with E-state index in [1.54, 1.807) is 0 Å². The molecule has 0 bridgehead atoms. The molecule has 0 spiro atoms. The fraction of sp³-hybridized carbons (Fsp3) is 0.333. The van der Waals surface area contributed by atoms with Crippen molar-refractivity contribution in [2.75, 3.05) is 24.7 Å². The van der Waals surface area contributed by atoms with Gasteiger partial charge >= 0.3 is 0 Å². The number of benzene rings is 2. The van der Waals surface area contributed by atoms with Crippen molar-refractivity contribution in [3.8, 4) is 11.1 Å². The molecule has 3 aromatic rings. The van der Waals surface area contributed by atoms with Gasteiger partial charge in [-0.15, -0.1) is 0 Å². The van der Waals surface area contributed by atoms with E-state index < -0.39 is 10.0 Å². The zero-order chi connectivity index (χ0) is 19.7. The summed E-state index contributed by atoms with van der Waals surface area (Å²) in [6, 6.07) is 14.7. The van der Waals surface area contributed by atoms with Crippen LogP contribution in [0.15, 0.2) is 48.7 Å². The lowest BCUT2D eigenvalue weighted by molar-refractivity contribution is 0.331. The van der Waals surface area contributed by atoms with E-state index in [1.807, 2.05) is 24.4 Å². The van der Waals surface area contributed by atoms with E-state index >= 15 is 0 Å². The summed E-state index contributed by atoms with van der Waals surface area (Å²) < 4.78 is 24.8. The maximum atomic E-state index is 11.6. The van der Waals surface area contributed by atoms with Gasteiger partial charge in [0.15, 0.2) is 0 Å². The van der Waals surface area contributed by atoms with Crippen molar-refractivity contribution >= 4 is 26.9 Å². The highest BCUT2D eigenvalue weighted by atomic mass is 32.2. The predicted octanol–water partition coefficient (Wildman–Crippen LogP) is 3.44. The molecule has 2 heterocycles. The third kappa shape index (κ3) is 4.00. The quantitative estimate of drug-likeness (QED) is 0.731. The number of anilines is 1. The molecule has 1 aliphatic rings. The molecule has 0 atom stereocenters. The molecular formula is C21H24N4O2S. The second-order valence-corrected chi connectivity index (χ2v) is 9.35. The first kappa shape index (κ1) is 18.8. The summed E-state index contributed by atoms with van der Waals surface area (Å²) in [6.07, 6.45) is 4.61. The highest BCUT2D eigenvalue weighted by Crippen LogP contribution is 2.26. The minimum atomic E-state index is -3.11. The van der Waals surface area contributed by atoms with Gasteiger partial charge in [0.1, 0.15) is 0 Å². The average molecular weight is 397 g/mol. The number of nitrogens with one attached hydrogen (secondary N) is 1. The Kier molecular flexibility index (Phi) is 5.03. The van der Waals surface area contributed by atoms with Gasteiger partial charge in [-0.2, -0.15) is 0 Å². The van der Waals surface area contributed by atoms with Crippen LogP contribution < -0.4 is 5.32 Å². The number of fused-ring (bicyclic) bond motifs is 1. The zero-order valence-corrected chi connectivity index (χ0v) is 16.9. The number of piperidine rings is 1. The molecule has 146 valence electrons. The standard InChI is InChI=1S/C21H24N4O2S/c1-15-5-3-4-6-19(15)16-7-8-20-17(13-16)14-22-21(24-20)23-18-9-11-25(12-10-18)28(2,26)27/h3-8,13-14,18H,9-12H2,1-2H3,(H,22,23,24). The fourth-order valence-corrected chi connectivity index (χ4v) is 4.56. The normalized spacial score (nSPS) is 16.4. The van der Waals surface area contributed by atoms with Crippen LogP contribution in [0, 0.1) is 6.92 Å². The molecule has 1 aliphatic heterocycles. The van der Waals surface area contributed by atoms with Gasteiger partial charge in [-0.3, -0.25) is 0 Å². The monoisotopic (exact) mass is 396 g/mol. The summed E-state index contributed by atoms with van der Waals surface area (Å²) in [5, 5.41) is 4.36. The van der Waals surface area contributed by atoms with Crippen molar-refractivity contribution in [2.45, 2.75) is 25.8 Å². The van der Waals surface area contributed by atoms with Gasteiger partial charge in [0.05, 0.1) is 11.8 Å². The van der Waals surface area contributed by atoms with Crippen molar-refractivity contribution < 1.29 is 8.42 Å². The smallest absolute Gasteiger partial charge is 0.223 e. The Labute approximate surface area is 165 Å². The Morgan fingerprint density at radius 1 is 1.11 bits per heavy atom. The molecule has 4 rings (SSSR count). The Hall–Kier alpha value is -2.51. The van der Waals surface area contributed by atoms with Crippen LogP contribution in [0.3, 0.4) is 0 Å². The lowest BCUT2D eigenvalue weighted by atomic mass is 9.99. The zero-order valence-electron chi connectivity index (χ0n) is 16.1. The van der Waals surface area contributed by atoms with Crippen LogP contribution >= 0.6 is 0 Å². The van der Waals surface area contributed by atoms with Crippen molar-refractivity contribution in [2.24, 2.45) is 0 Å². The maximum absolute atomic E-state index is 11.6. The van der Waals surface area contributed by atoms with Gasteiger partial charge in [-0.25, -0.2) is 22.7 Å². The second kappa shape index (κ2) is 7.48. The molecule has 1 N–H and O–H groups in total. The van der Waals surface area contributed by atoms with Crippen LogP contribution in [0.4, 0.5) is 5.95 Å². The van der Waals surface area contributed by atoms with E-state index in [2.05, 4.69) is 46.5 Å². The minimum absolute atomic E-state index is 0.182. The van der Waals surface area contributed by atoms with Gasteiger partial charge in [-0.05, 0) is 48.6 Å². The van der Waals surface area contributed by atoms with E-state index in [9.17, 15) is 8.42 Å². The Balaban J connectivity index is 1.50. The van der Waals surface area contributed by atoms with Crippen molar-refractivity contribution in [3.05, 3.63) is 54.2 Å². The highest BCUT2D eigenvalue weighted by Gasteiger charge is 2.25. The topological polar surface area (TPSA) is 75.2 Å². The van der Waals surface area contributed by atoms with E-state index in [-0.39, 0.29) is 6.04 Å². The van der Waals surface area contributed by atoms with E-state index in [0.29, 0.717) is 19.0 Å². The van der Waals surface area contributed by atoms with Gasteiger partial charge in [-0.1, -0.05) is 30.3 Å². The molecule has 28 heavy (non-hydrogen) atoms. The number of aromatic nitrogens is 2. The minimum Gasteiger partial charge on any atom is -0.351 e. The van der Waals surface area contributed by atoms with Crippen LogP contribution in [-0.4, -0.2) is 48.1 Å². The molecule has 7 heteroatoms. The van der Waals surface area contributed by atoms with Crippen molar-refractivity contribution in [3.63, 3.8) is 0 Å². The Bertz CT molecular complexity index is 1110. The lowest BCUT2D eigenvalue weighted by Crippen LogP contribution is -2.42. The van der Waals surface area contributed by atoms with Crippen LogP contribution in [-0.2, 0) is 10.0 Å². The van der Waals surface area contributed by atoms with Gasteiger partial charge in [0.25, 0.3) is 0 Å². The molecule has 0 aliphatic carbocycles. The molecule has 1 fully saturated rings. The molecule has 0 radical (unpaired) electrons. The molecular weight excluding hydrogens is 372 g/mol. The van der Waals surface area contributed by atoms with Crippen molar-refractivity contribution in [1.29, 1.82) is 0 Å². The van der Waals surface area contributed by atoms with Crippen molar-refractivity contribution in [1.82, 2.24) is 14.3 Å². The van der Waals surface area contributed by atoms with E-state index in [1.165, 1.54) is 21.7 Å². The van der Waals surface area contributed by atoms with E-state index in [4.69, 9.17) is 0 Å². The average Bonchev–Trinajstić information content (AvgIpc) is 2.68. The third-order valence-corrected chi connectivity index (χ3v) is 6.60. The lowest BCUT2D eigenvalue weighted by Gasteiger charge is -2.30. The summed E-state index contributed by atoms with van der Waals surface area (Å²) in [7, 11) is -3.11. The van der Waals surface area contributed by atoms with Crippen LogP contribution in [0.1, 0.15) is 18.4 Å².